The van der Waals surface area contributed by atoms with Gasteiger partial charge in [0.05, 0.1) is 24.3 Å². The van der Waals surface area contributed by atoms with Gasteiger partial charge in [0.25, 0.3) is 0 Å². The van der Waals surface area contributed by atoms with Gasteiger partial charge in [-0.15, -0.1) is 10.2 Å². The van der Waals surface area contributed by atoms with Crippen molar-refractivity contribution in [1.82, 2.24) is 10.2 Å². The van der Waals surface area contributed by atoms with E-state index in [0.29, 0.717) is 17.8 Å². The molecule has 3 aromatic rings. The average Bonchev–Trinajstić information content (AvgIpc) is 2.85. The van der Waals surface area contributed by atoms with E-state index in [0.717, 1.165) is 36.5 Å². The predicted molar refractivity (Wildman–Crippen MR) is 119 cm³/mol. The van der Waals surface area contributed by atoms with E-state index < -0.39 is 5.97 Å². The zero-order valence-corrected chi connectivity index (χ0v) is 17.3. The number of amides is 1. The fourth-order valence-corrected chi connectivity index (χ4v) is 3.71. The molecular weight excluding hydrogens is 392 g/mol. The number of piperidine rings is 1. The van der Waals surface area contributed by atoms with Gasteiger partial charge in [-0.3, -0.25) is 4.79 Å². The zero-order chi connectivity index (χ0) is 21.6. The largest absolute Gasteiger partial charge is 0.465 e. The zero-order valence-electron chi connectivity index (χ0n) is 17.3. The van der Waals surface area contributed by atoms with Crippen LogP contribution < -0.4 is 10.2 Å². The standard InChI is InChI=1S/C24H24N4O3/c1-31-24(30)18-9-11-20(12-10-18)25-23(29)19-8-5-15-28(16-19)22-14-13-21(26-27-22)17-6-3-2-4-7-17/h2-4,6-7,9-14,19H,5,8,15-16H2,1H3,(H,25,29). The lowest BCUT2D eigenvalue weighted by Crippen LogP contribution is -2.41. The van der Waals surface area contributed by atoms with Crippen molar-refractivity contribution in [2.45, 2.75) is 12.8 Å². The van der Waals surface area contributed by atoms with Crippen molar-refractivity contribution in [2.75, 3.05) is 30.4 Å². The Balaban J connectivity index is 1.39. The van der Waals surface area contributed by atoms with E-state index >= 15 is 0 Å². The minimum Gasteiger partial charge on any atom is -0.465 e. The van der Waals surface area contributed by atoms with Crippen LogP contribution in [0.5, 0.6) is 0 Å². The topological polar surface area (TPSA) is 84.4 Å². The molecule has 0 spiro atoms. The molecule has 0 radical (unpaired) electrons. The maximum absolute atomic E-state index is 12.8. The number of carbonyl (C=O) groups is 2. The van der Waals surface area contributed by atoms with Crippen LogP contribution >= 0.6 is 0 Å². The number of hydrogen-bond acceptors (Lipinski definition) is 6. The van der Waals surface area contributed by atoms with Crippen molar-refractivity contribution in [3.05, 3.63) is 72.3 Å². The van der Waals surface area contributed by atoms with Gasteiger partial charge in [0.15, 0.2) is 5.82 Å². The summed E-state index contributed by atoms with van der Waals surface area (Å²) in [6.07, 6.45) is 1.72. The molecule has 7 nitrogen and oxygen atoms in total. The summed E-state index contributed by atoms with van der Waals surface area (Å²) in [6, 6.07) is 20.5. The Hall–Kier alpha value is -3.74. The van der Waals surface area contributed by atoms with Crippen molar-refractivity contribution in [2.24, 2.45) is 5.92 Å². The third kappa shape index (κ3) is 4.88. The molecule has 0 bridgehead atoms. The average molecular weight is 416 g/mol. The summed E-state index contributed by atoms with van der Waals surface area (Å²) >= 11 is 0. The van der Waals surface area contributed by atoms with Crippen LogP contribution in [0.15, 0.2) is 66.7 Å². The smallest absolute Gasteiger partial charge is 0.337 e. The summed E-state index contributed by atoms with van der Waals surface area (Å²) in [5, 5.41) is 11.7. The summed E-state index contributed by atoms with van der Waals surface area (Å²) in [7, 11) is 1.34. The summed E-state index contributed by atoms with van der Waals surface area (Å²) in [5.41, 5.74) is 2.95. The minimum absolute atomic E-state index is 0.0376. The highest BCUT2D eigenvalue weighted by molar-refractivity contribution is 5.94. The molecule has 1 atom stereocenters. The second-order valence-corrected chi connectivity index (χ2v) is 7.49. The molecule has 2 aromatic carbocycles. The molecule has 1 unspecified atom stereocenters. The molecular formula is C24H24N4O3. The molecule has 1 fully saturated rings. The van der Waals surface area contributed by atoms with Crippen molar-refractivity contribution < 1.29 is 14.3 Å². The lowest BCUT2D eigenvalue weighted by molar-refractivity contribution is -0.120. The quantitative estimate of drug-likeness (QED) is 0.637. The van der Waals surface area contributed by atoms with Gasteiger partial charge < -0.3 is 15.0 Å². The maximum Gasteiger partial charge on any atom is 0.337 e. The number of nitrogens with zero attached hydrogens (tertiary/aromatic N) is 3. The van der Waals surface area contributed by atoms with E-state index in [9.17, 15) is 9.59 Å². The third-order valence-electron chi connectivity index (χ3n) is 5.41. The highest BCUT2D eigenvalue weighted by Crippen LogP contribution is 2.24. The molecule has 0 aliphatic carbocycles. The van der Waals surface area contributed by atoms with Crippen LogP contribution in [0.25, 0.3) is 11.3 Å². The number of nitrogens with one attached hydrogen (secondary N) is 1. The summed E-state index contributed by atoms with van der Waals surface area (Å²) in [5.74, 6) is 0.189. The number of esters is 1. The van der Waals surface area contributed by atoms with Crippen LogP contribution in [0.3, 0.4) is 0 Å². The molecule has 0 saturated carbocycles. The highest BCUT2D eigenvalue weighted by Gasteiger charge is 2.27. The fraction of sp³-hybridized carbons (Fsp3) is 0.250. The van der Waals surface area contributed by atoms with Gasteiger partial charge in [-0.2, -0.15) is 0 Å². The summed E-state index contributed by atoms with van der Waals surface area (Å²) in [4.78, 5) is 26.4. The number of rotatable bonds is 5. The van der Waals surface area contributed by atoms with Crippen LogP contribution in [0.1, 0.15) is 23.2 Å². The van der Waals surface area contributed by atoms with Gasteiger partial charge in [-0.1, -0.05) is 30.3 Å². The van der Waals surface area contributed by atoms with E-state index in [-0.39, 0.29) is 11.8 Å². The van der Waals surface area contributed by atoms with Gasteiger partial charge in [-0.25, -0.2) is 4.79 Å². The van der Waals surface area contributed by atoms with Gasteiger partial charge in [-0.05, 0) is 49.2 Å². The van der Waals surface area contributed by atoms with E-state index in [1.807, 2.05) is 42.5 Å². The van der Waals surface area contributed by atoms with Gasteiger partial charge in [0.2, 0.25) is 5.91 Å². The van der Waals surface area contributed by atoms with Crippen LogP contribution in [0.4, 0.5) is 11.5 Å². The number of anilines is 2. The van der Waals surface area contributed by atoms with Gasteiger partial charge >= 0.3 is 5.97 Å². The molecule has 4 rings (SSSR count). The molecule has 1 N–H and O–H groups in total. The maximum atomic E-state index is 12.8. The van der Waals surface area contributed by atoms with Crippen molar-refractivity contribution in [3.8, 4) is 11.3 Å². The molecule has 31 heavy (non-hydrogen) atoms. The number of ether oxygens (including phenoxy) is 1. The lowest BCUT2D eigenvalue weighted by Gasteiger charge is -2.32. The molecule has 7 heteroatoms. The van der Waals surface area contributed by atoms with Crippen LogP contribution in [0, 0.1) is 5.92 Å². The van der Waals surface area contributed by atoms with Crippen LogP contribution in [0.2, 0.25) is 0 Å². The molecule has 1 aliphatic heterocycles. The first-order chi connectivity index (χ1) is 15.1. The molecule has 158 valence electrons. The number of benzene rings is 2. The molecule has 1 aliphatic rings. The molecule has 1 amide bonds. The highest BCUT2D eigenvalue weighted by atomic mass is 16.5. The number of methoxy groups -OCH3 is 1. The normalized spacial score (nSPS) is 15.9. The second-order valence-electron chi connectivity index (χ2n) is 7.49. The Kier molecular flexibility index (Phi) is 6.21. The number of carbonyl (C=O) groups excluding carboxylic acids is 2. The fourth-order valence-electron chi connectivity index (χ4n) is 3.71. The van der Waals surface area contributed by atoms with E-state index in [4.69, 9.17) is 4.74 Å². The van der Waals surface area contributed by atoms with Gasteiger partial charge in [0.1, 0.15) is 0 Å². The molecule has 1 aromatic heterocycles. The van der Waals surface area contributed by atoms with Crippen molar-refractivity contribution >= 4 is 23.4 Å². The summed E-state index contributed by atoms with van der Waals surface area (Å²) < 4.78 is 4.70. The predicted octanol–water partition coefficient (Wildman–Crippen LogP) is 3.79. The third-order valence-corrected chi connectivity index (χ3v) is 5.41. The van der Waals surface area contributed by atoms with Crippen molar-refractivity contribution in [3.63, 3.8) is 0 Å². The SMILES string of the molecule is COC(=O)c1ccc(NC(=O)C2CCCN(c3ccc(-c4ccccc4)nn3)C2)cc1. The van der Waals surface area contributed by atoms with E-state index in [2.05, 4.69) is 20.4 Å². The first-order valence-electron chi connectivity index (χ1n) is 10.3. The Morgan fingerprint density at radius 2 is 1.77 bits per heavy atom. The minimum atomic E-state index is -0.403. The second kappa shape index (κ2) is 9.38. The first-order valence-corrected chi connectivity index (χ1v) is 10.3. The Morgan fingerprint density at radius 1 is 1.00 bits per heavy atom. The Labute approximate surface area is 181 Å². The van der Waals surface area contributed by atoms with Crippen LogP contribution in [-0.4, -0.2) is 42.3 Å². The molecule has 1 saturated heterocycles. The first kappa shape index (κ1) is 20.5. The monoisotopic (exact) mass is 416 g/mol. The Morgan fingerprint density at radius 3 is 2.45 bits per heavy atom. The van der Waals surface area contributed by atoms with Crippen LogP contribution in [-0.2, 0) is 9.53 Å². The van der Waals surface area contributed by atoms with E-state index in [1.54, 1.807) is 24.3 Å². The Bertz CT molecular complexity index is 1040. The van der Waals surface area contributed by atoms with Crippen molar-refractivity contribution in [1.29, 1.82) is 0 Å². The molecule has 2 heterocycles. The van der Waals surface area contributed by atoms with Gasteiger partial charge in [0, 0.05) is 24.3 Å². The summed E-state index contributed by atoms with van der Waals surface area (Å²) in [6.45, 7) is 1.43. The van der Waals surface area contributed by atoms with E-state index in [1.165, 1.54) is 7.11 Å². The number of hydrogen-bond donors (Lipinski definition) is 1. The number of aromatic nitrogens is 2. The lowest BCUT2D eigenvalue weighted by atomic mass is 9.97.